The summed E-state index contributed by atoms with van der Waals surface area (Å²) in [6, 6.07) is 3.83. The molecule has 2 aliphatic rings. The molecule has 1 saturated carbocycles. The maximum atomic E-state index is 9.52. The average molecular weight is 538 g/mol. The fourth-order valence-corrected chi connectivity index (χ4v) is 4.38. The van der Waals surface area contributed by atoms with Crippen LogP contribution in [0, 0.1) is 5.41 Å². The first kappa shape index (κ1) is 24.3. The topological polar surface area (TPSA) is 75.1 Å². The van der Waals surface area contributed by atoms with Gasteiger partial charge in [-0.1, -0.05) is 30.9 Å². The van der Waals surface area contributed by atoms with Crippen molar-refractivity contribution >= 4 is 41.5 Å². The van der Waals surface area contributed by atoms with Crippen LogP contribution >= 0.6 is 35.6 Å². The van der Waals surface area contributed by atoms with Crippen LogP contribution in [0.15, 0.2) is 17.1 Å². The first-order valence-corrected chi connectivity index (χ1v) is 10.7. The molecule has 29 heavy (non-hydrogen) atoms. The van der Waals surface area contributed by atoms with Crippen molar-refractivity contribution in [2.45, 2.75) is 52.0 Å². The Balaban J connectivity index is 0.00000300. The maximum absolute atomic E-state index is 9.52. The van der Waals surface area contributed by atoms with E-state index in [1.54, 1.807) is 0 Å². The number of nitrogens with zero attached hydrogens (tertiary/aromatic N) is 1. The molecule has 0 saturated heterocycles. The highest BCUT2D eigenvalue weighted by molar-refractivity contribution is 14.0. The second kappa shape index (κ2) is 12.1. The van der Waals surface area contributed by atoms with Gasteiger partial charge in [0.25, 0.3) is 0 Å². The largest absolute Gasteiger partial charge is 0.486 e. The number of fused-ring (bicyclic) bond motifs is 1. The SMILES string of the molecule is CCNC(=NCc1cc(Cl)c2c(c1)OCCO2)NCC1(CCO)CCCCC1.I. The lowest BCUT2D eigenvalue weighted by Crippen LogP contribution is -2.44. The molecule has 0 radical (unpaired) electrons. The van der Waals surface area contributed by atoms with E-state index in [4.69, 9.17) is 26.1 Å². The van der Waals surface area contributed by atoms with Gasteiger partial charge >= 0.3 is 0 Å². The molecule has 6 nitrogen and oxygen atoms in total. The van der Waals surface area contributed by atoms with Crippen molar-refractivity contribution in [2.24, 2.45) is 10.4 Å². The van der Waals surface area contributed by atoms with E-state index in [1.165, 1.54) is 19.3 Å². The fourth-order valence-electron chi connectivity index (χ4n) is 4.09. The van der Waals surface area contributed by atoms with E-state index in [1.807, 2.05) is 12.1 Å². The Hall–Kier alpha value is -0.930. The predicted octanol–water partition coefficient (Wildman–Crippen LogP) is 4.12. The van der Waals surface area contributed by atoms with Gasteiger partial charge in [-0.15, -0.1) is 24.0 Å². The summed E-state index contributed by atoms with van der Waals surface area (Å²) in [5.74, 6) is 2.09. The van der Waals surface area contributed by atoms with Crippen molar-refractivity contribution in [1.82, 2.24) is 10.6 Å². The lowest BCUT2D eigenvalue weighted by Gasteiger charge is -2.37. The highest BCUT2D eigenvalue weighted by atomic mass is 127. The summed E-state index contributed by atoms with van der Waals surface area (Å²) in [5.41, 5.74) is 1.15. The Kier molecular flexibility index (Phi) is 10.1. The summed E-state index contributed by atoms with van der Waals surface area (Å²) in [6.07, 6.45) is 6.95. The van der Waals surface area contributed by atoms with Crippen LogP contribution in [0.1, 0.15) is 51.0 Å². The number of ether oxygens (including phenoxy) is 2. The van der Waals surface area contributed by atoms with E-state index in [-0.39, 0.29) is 36.0 Å². The number of rotatable bonds is 7. The highest BCUT2D eigenvalue weighted by Gasteiger charge is 2.31. The third kappa shape index (κ3) is 6.79. The number of nitrogens with one attached hydrogen (secondary N) is 2. The Morgan fingerprint density at radius 1 is 1.17 bits per heavy atom. The molecule has 0 spiro atoms. The second-order valence-corrected chi connectivity index (χ2v) is 8.09. The molecule has 1 aromatic carbocycles. The number of hydrogen-bond acceptors (Lipinski definition) is 4. The zero-order valence-electron chi connectivity index (χ0n) is 17.1. The quantitative estimate of drug-likeness (QED) is 0.277. The van der Waals surface area contributed by atoms with Crippen LogP contribution in [0.25, 0.3) is 0 Å². The summed E-state index contributed by atoms with van der Waals surface area (Å²) in [6.45, 7) is 5.48. The molecule has 0 amide bonds. The van der Waals surface area contributed by atoms with Crippen molar-refractivity contribution in [3.8, 4) is 11.5 Å². The molecule has 8 heteroatoms. The van der Waals surface area contributed by atoms with Gasteiger partial charge in [0.15, 0.2) is 17.5 Å². The monoisotopic (exact) mass is 537 g/mol. The normalized spacial score (nSPS) is 18.0. The van der Waals surface area contributed by atoms with Crippen LogP contribution in [-0.2, 0) is 6.54 Å². The number of aliphatic hydroxyl groups is 1. The molecule has 164 valence electrons. The van der Waals surface area contributed by atoms with Crippen molar-refractivity contribution in [1.29, 1.82) is 0 Å². The van der Waals surface area contributed by atoms with Gasteiger partial charge in [0.1, 0.15) is 13.2 Å². The van der Waals surface area contributed by atoms with Gasteiger partial charge in [0.05, 0.1) is 11.6 Å². The lowest BCUT2D eigenvalue weighted by atomic mass is 9.72. The summed E-state index contributed by atoms with van der Waals surface area (Å²) in [4.78, 5) is 4.73. The van der Waals surface area contributed by atoms with Gasteiger partial charge in [0.2, 0.25) is 0 Å². The summed E-state index contributed by atoms with van der Waals surface area (Å²) < 4.78 is 11.2. The second-order valence-electron chi connectivity index (χ2n) is 7.68. The zero-order chi connectivity index (χ0) is 19.8. The van der Waals surface area contributed by atoms with E-state index < -0.39 is 0 Å². The van der Waals surface area contributed by atoms with Crippen LogP contribution in [0.5, 0.6) is 11.5 Å². The van der Waals surface area contributed by atoms with Crippen molar-refractivity contribution in [3.63, 3.8) is 0 Å². The number of aliphatic imine (C=N–C) groups is 1. The zero-order valence-corrected chi connectivity index (χ0v) is 20.2. The third-order valence-electron chi connectivity index (χ3n) is 5.61. The molecule has 1 heterocycles. The predicted molar refractivity (Wildman–Crippen MR) is 128 cm³/mol. The van der Waals surface area contributed by atoms with E-state index in [0.29, 0.717) is 36.3 Å². The maximum Gasteiger partial charge on any atom is 0.191 e. The Morgan fingerprint density at radius 3 is 2.66 bits per heavy atom. The summed E-state index contributed by atoms with van der Waals surface area (Å²) >= 11 is 6.33. The van der Waals surface area contributed by atoms with Gasteiger partial charge in [-0.2, -0.15) is 0 Å². The van der Waals surface area contributed by atoms with Crippen molar-refractivity contribution in [3.05, 3.63) is 22.7 Å². The van der Waals surface area contributed by atoms with Crippen LogP contribution in [0.4, 0.5) is 0 Å². The first-order valence-electron chi connectivity index (χ1n) is 10.4. The molecule has 1 aliphatic carbocycles. The minimum atomic E-state index is 0. The van der Waals surface area contributed by atoms with Crippen molar-refractivity contribution < 1.29 is 14.6 Å². The number of guanidine groups is 1. The molecule has 1 aliphatic heterocycles. The van der Waals surface area contributed by atoms with Crippen LogP contribution in [-0.4, -0.2) is 44.0 Å². The van der Waals surface area contributed by atoms with Gasteiger partial charge in [-0.3, -0.25) is 0 Å². The molecule has 0 atom stereocenters. The Morgan fingerprint density at radius 2 is 1.93 bits per heavy atom. The molecule has 1 fully saturated rings. The molecule has 0 unspecified atom stereocenters. The van der Waals surface area contributed by atoms with E-state index in [2.05, 4.69) is 17.6 Å². The summed E-state index contributed by atoms with van der Waals surface area (Å²) in [5, 5.41) is 16.9. The molecular weight excluding hydrogens is 505 g/mol. The fraction of sp³-hybridized carbons (Fsp3) is 0.667. The molecule has 0 aromatic heterocycles. The average Bonchev–Trinajstić information content (AvgIpc) is 2.71. The minimum absolute atomic E-state index is 0. The number of hydrogen-bond donors (Lipinski definition) is 3. The van der Waals surface area contributed by atoms with E-state index in [9.17, 15) is 5.11 Å². The third-order valence-corrected chi connectivity index (χ3v) is 5.89. The molecular formula is C21H33ClIN3O3. The highest BCUT2D eigenvalue weighted by Crippen LogP contribution is 2.39. The van der Waals surface area contributed by atoms with Gasteiger partial charge in [-0.05, 0) is 49.3 Å². The Bertz CT molecular complexity index is 676. The molecule has 0 bridgehead atoms. The first-order chi connectivity index (χ1) is 13.7. The Labute approximate surface area is 195 Å². The number of benzene rings is 1. The molecule has 1 aromatic rings. The van der Waals surface area contributed by atoms with Crippen molar-refractivity contribution in [2.75, 3.05) is 32.9 Å². The van der Waals surface area contributed by atoms with Crippen LogP contribution < -0.4 is 20.1 Å². The van der Waals surface area contributed by atoms with Gasteiger partial charge in [0, 0.05) is 19.7 Å². The smallest absolute Gasteiger partial charge is 0.191 e. The van der Waals surface area contributed by atoms with Gasteiger partial charge in [-0.25, -0.2) is 4.99 Å². The number of aliphatic hydroxyl groups excluding tert-OH is 1. The van der Waals surface area contributed by atoms with Crippen LogP contribution in [0.2, 0.25) is 5.02 Å². The molecule has 3 N–H and O–H groups in total. The standard InChI is InChI=1S/C21H32ClN3O3.HI/c1-2-23-20(25-15-21(8-9-26)6-4-3-5-7-21)24-14-16-12-17(22)19-18(13-16)27-10-11-28-19;/h12-13,26H,2-11,14-15H2,1H3,(H2,23,24,25);1H. The van der Waals surface area contributed by atoms with E-state index >= 15 is 0 Å². The van der Waals surface area contributed by atoms with Gasteiger partial charge < -0.3 is 25.2 Å². The summed E-state index contributed by atoms with van der Waals surface area (Å²) in [7, 11) is 0. The number of halogens is 2. The molecule has 3 rings (SSSR count). The minimum Gasteiger partial charge on any atom is -0.486 e. The lowest BCUT2D eigenvalue weighted by molar-refractivity contribution is 0.131. The van der Waals surface area contributed by atoms with E-state index in [0.717, 1.165) is 43.9 Å². The van der Waals surface area contributed by atoms with Crippen LogP contribution in [0.3, 0.4) is 0 Å².